The van der Waals surface area contributed by atoms with Crippen LogP contribution in [0.3, 0.4) is 0 Å². The number of aryl methyl sites for hydroxylation is 1. The Hall–Kier alpha value is -1.96. The summed E-state index contributed by atoms with van der Waals surface area (Å²) >= 11 is 13.5. The van der Waals surface area contributed by atoms with Crippen molar-refractivity contribution in [1.82, 2.24) is 0 Å². The molecule has 0 heterocycles. The maximum absolute atomic E-state index is 14.0. The van der Waals surface area contributed by atoms with Gasteiger partial charge in [-0.1, -0.05) is 35.0 Å². The highest BCUT2D eigenvalue weighted by Gasteiger charge is 2.26. The van der Waals surface area contributed by atoms with Crippen LogP contribution in [0.15, 0.2) is 40.1 Å². The van der Waals surface area contributed by atoms with Crippen molar-refractivity contribution in [2.75, 3.05) is 5.32 Å². The van der Waals surface area contributed by atoms with E-state index < -0.39 is 34.8 Å². The summed E-state index contributed by atoms with van der Waals surface area (Å²) in [7, 11) is 0. The summed E-state index contributed by atoms with van der Waals surface area (Å²) in [4.78, 5) is 1.40. The van der Waals surface area contributed by atoms with E-state index in [9.17, 15) is 22.0 Å². The molecular formula is C20H12Cl2F5NS. The molecule has 0 amide bonds. The molecule has 0 spiro atoms. The Morgan fingerprint density at radius 2 is 1.38 bits per heavy atom. The van der Waals surface area contributed by atoms with Gasteiger partial charge in [-0.05, 0) is 55.3 Å². The third-order valence-electron chi connectivity index (χ3n) is 4.18. The molecule has 0 unspecified atom stereocenters. The van der Waals surface area contributed by atoms with E-state index in [2.05, 4.69) is 5.32 Å². The van der Waals surface area contributed by atoms with E-state index >= 15 is 0 Å². The average molecular weight is 464 g/mol. The molecule has 9 heteroatoms. The van der Waals surface area contributed by atoms with Crippen LogP contribution in [0, 0.1) is 42.9 Å². The first-order valence-electron chi connectivity index (χ1n) is 8.13. The Kier molecular flexibility index (Phi) is 6.31. The number of anilines is 2. The standard InChI is InChI=1S/C20H12Cl2F5NS/c1-8-7-10(21)3-6-13(8)29-20-9(2)12(5-4-11(20)22)28-19-17(26)15(24)14(23)16(25)18(19)27/h3-7,28H,1-2H3. The fraction of sp³-hybridized carbons (Fsp3) is 0.100. The predicted molar refractivity (Wildman–Crippen MR) is 106 cm³/mol. The molecule has 0 saturated heterocycles. The zero-order valence-corrected chi connectivity index (χ0v) is 17.3. The number of benzene rings is 3. The van der Waals surface area contributed by atoms with Gasteiger partial charge in [0.15, 0.2) is 23.3 Å². The summed E-state index contributed by atoms with van der Waals surface area (Å²) in [6.07, 6.45) is 0. The molecule has 0 aliphatic rings. The lowest BCUT2D eigenvalue weighted by atomic mass is 10.1. The van der Waals surface area contributed by atoms with Crippen LogP contribution in [-0.2, 0) is 0 Å². The van der Waals surface area contributed by atoms with Crippen molar-refractivity contribution >= 4 is 46.3 Å². The second kappa shape index (κ2) is 8.42. The smallest absolute Gasteiger partial charge is 0.200 e. The number of rotatable bonds is 4. The van der Waals surface area contributed by atoms with E-state index in [4.69, 9.17) is 23.2 Å². The fourth-order valence-corrected chi connectivity index (χ4v) is 4.16. The summed E-state index contributed by atoms with van der Waals surface area (Å²) in [6, 6.07) is 8.13. The van der Waals surface area contributed by atoms with Gasteiger partial charge >= 0.3 is 0 Å². The molecule has 3 aromatic carbocycles. The summed E-state index contributed by atoms with van der Waals surface area (Å²) in [5.41, 5.74) is 0.369. The number of nitrogens with one attached hydrogen (secondary N) is 1. The third-order valence-corrected chi connectivity index (χ3v) is 6.25. The van der Waals surface area contributed by atoms with Crippen LogP contribution in [0.2, 0.25) is 10.0 Å². The van der Waals surface area contributed by atoms with Crippen molar-refractivity contribution in [2.45, 2.75) is 23.6 Å². The lowest BCUT2D eigenvalue weighted by Crippen LogP contribution is -2.07. The van der Waals surface area contributed by atoms with E-state index in [1.54, 1.807) is 25.1 Å². The Morgan fingerprint density at radius 3 is 1.97 bits per heavy atom. The lowest BCUT2D eigenvalue weighted by Gasteiger charge is -2.17. The summed E-state index contributed by atoms with van der Waals surface area (Å²) in [5.74, 6) is -10.2. The van der Waals surface area contributed by atoms with E-state index in [1.165, 1.54) is 23.9 Å². The van der Waals surface area contributed by atoms with Crippen molar-refractivity contribution in [3.63, 3.8) is 0 Å². The Balaban J connectivity index is 2.04. The minimum absolute atomic E-state index is 0.145. The molecule has 1 nitrogen and oxygen atoms in total. The van der Waals surface area contributed by atoms with Crippen LogP contribution < -0.4 is 5.32 Å². The highest BCUT2D eigenvalue weighted by molar-refractivity contribution is 7.99. The van der Waals surface area contributed by atoms with Crippen molar-refractivity contribution in [3.8, 4) is 0 Å². The largest absolute Gasteiger partial charge is 0.350 e. The quantitative estimate of drug-likeness (QED) is 0.237. The van der Waals surface area contributed by atoms with E-state index in [0.29, 0.717) is 20.5 Å². The van der Waals surface area contributed by atoms with E-state index in [1.807, 2.05) is 6.92 Å². The third kappa shape index (κ3) is 4.17. The van der Waals surface area contributed by atoms with Gasteiger partial charge in [0, 0.05) is 20.5 Å². The molecule has 0 aromatic heterocycles. The van der Waals surface area contributed by atoms with Gasteiger partial charge in [0.25, 0.3) is 0 Å². The molecule has 0 aliphatic heterocycles. The van der Waals surface area contributed by atoms with Gasteiger partial charge in [0.05, 0.1) is 5.02 Å². The second-order valence-corrected chi connectivity index (χ2v) is 8.03. The Labute approximate surface area is 177 Å². The molecule has 0 bridgehead atoms. The van der Waals surface area contributed by atoms with Gasteiger partial charge < -0.3 is 5.32 Å². The molecule has 0 radical (unpaired) electrons. The van der Waals surface area contributed by atoms with Gasteiger partial charge in [-0.15, -0.1) is 0 Å². The summed E-state index contributed by atoms with van der Waals surface area (Å²) in [6.45, 7) is 3.47. The Morgan fingerprint density at radius 1 is 0.793 bits per heavy atom. The molecule has 0 atom stereocenters. The van der Waals surface area contributed by atoms with Crippen LogP contribution in [0.4, 0.5) is 33.3 Å². The minimum atomic E-state index is -2.21. The van der Waals surface area contributed by atoms with Crippen LogP contribution in [0.5, 0.6) is 0 Å². The molecular weight excluding hydrogens is 452 g/mol. The lowest BCUT2D eigenvalue weighted by molar-refractivity contribution is 0.382. The van der Waals surface area contributed by atoms with E-state index in [-0.39, 0.29) is 5.69 Å². The van der Waals surface area contributed by atoms with Crippen molar-refractivity contribution < 1.29 is 22.0 Å². The molecule has 3 aromatic rings. The van der Waals surface area contributed by atoms with Gasteiger partial charge in [-0.3, -0.25) is 0 Å². The minimum Gasteiger partial charge on any atom is -0.350 e. The summed E-state index contributed by atoms with van der Waals surface area (Å²) < 4.78 is 68.2. The highest BCUT2D eigenvalue weighted by Crippen LogP contribution is 2.41. The van der Waals surface area contributed by atoms with Gasteiger partial charge in [0.1, 0.15) is 5.69 Å². The first-order chi connectivity index (χ1) is 13.6. The zero-order valence-electron chi connectivity index (χ0n) is 14.9. The van der Waals surface area contributed by atoms with Gasteiger partial charge in [-0.25, -0.2) is 22.0 Å². The van der Waals surface area contributed by atoms with Crippen molar-refractivity contribution in [1.29, 1.82) is 0 Å². The highest BCUT2D eigenvalue weighted by atomic mass is 35.5. The molecule has 0 aliphatic carbocycles. The van der Waals surface area contributed by atoms with Gasteiger partial charge in [0.2, 0.25) is 5.82 Å². The Bertz CT molecular complexity index is 1090. The molecule has 1 N–H and O–H groups in total. The maximum atomic E-state index is 14.0. The second-order valence-electron chi connectivity index (χ2n) is 6.13. The molecule has 0 fully saturated rings. The van der Waals surface area contributed by atoms with Crippen LogP contribution >= 0.6 is 35.0 Å². The number of hydrogen-bond acceptors (Lipinski definition) is 2. The SMILES string of the molecule is Cc1cc(Cl)ccc1Sc1c(Cl)ccc(Nc2c(F)c(F)c(F)c(F)c2F)c1C. The van der Waals surface area contributed by atoms with Crippen LogP contribution in [0.25, 0.3) is 0 Å². The fourth-order valence-electron chi connectivity index (χ4n) is 2.61. The maximum Gasteiger partial charge on any atom is 0.200 e. The van der Waals surface area contributed by atoms with E-state index in [0.717, 1.165) is 10.5 Å². The first kappa shape index (κ1) is 21.7. The topological polar surface area (TPSA) is 12.0 Å². The molecule has 0 saturated carbocycles. The first-order valence-corrected chi connectivity index (χ1v) is 9.70. The van der Waals surface area contributed by atoms with Crippen LogP contribution in [-0.4, -0.2) is 0 Å². The van der Waals surface area contributed by atoms with Crippen LogP contribution in [0.1, 0.15) is 11.1 Å². The molecule has 3 rings (SSSR count). The zero-order chi connectivity index (χ0) is 21.5. The normalized spacial score (nSPS) is 11.1. The average Bonchev–Trinajstić information content (AvgIpc) is 2.68. The molecule has 29 heavy (non-hydrogen) atoms. The number of halogens is 7. The van der Waals surface area contributed by atoms with Crippen molar-refractivity contribution in [2.24, 2.45) is 0 Å². The van der Waals surface area contributed by atoms with Gasteiger partial charge in [-0.2, -0.15) is 0 Å². The molecule has 152 valence electrons. The monoisotopic (exact) mass is 463 g/mol. The van der Waals surface area contributed by atoms with Crippen molar-refractivity contribution in [3.05, 3.63) is 80.6 Å². The summed E-state index contributed by atoms with van der Waals surface area (Å²) in [5, 5.41) is 3.24. The predicted octanol–water partition coefficient (Wildman–Crippen LogP) is 8.20. The number of hydrogen-bond donors (Lipinski definition) is 1.